The normalized spacial score (nSPS) is 14.0. The second-order valence-electron chi connectivity index (χ2n) is 5.92. The SMILES string of the molecule is CN(CCO)C(=O)CCn1cnc2sc3c(c2c1=O)CCCC3. The van der Waals surface area contributed by atoms with Crippen molar-refractivity contribution in [1.82, 2.24) is 14.5 Å². The Morgan fingerprint density at radius 2 is 2.22 bits per heavy atom. The van der Waals surface area contributed by atoms with Gasteiger partial charge in [-0.3, -0.25) is 14.2 Å². The molecule has 1 N–H and O–H groups in total. The number of carbonyl (C=O) groups excluding carboxylic acids is 1. The monoisotopic (exact) mass is 335 g/mol. The largest absolute Gasteiger partial charge is 0.395 e. The number of likely N-dealkylation sites (N-methyl/N-ethyl adjacent to an activating group) is 1. The number of carbonyl (C=O) groups is 1. The van der Waals surface area contributed by atoms with Crippen LogP contribution in [0.15, 0.2) is 11.1 Å². The van der Waals surface area contributed by atoms with Crippen molar-refractivity contribution in [3.05, 3.63) is 27.1 Å². The molecule has 3 rings (SSSR count). The number of rotatable bonds is 5. The fourth-order valence-electron chi connectivity index (χ4n) is 3.02. The second kappa shape index (κ2) is 6.80. The van der Waals surface area contributed by atoms with E-state index in [1.54, 1.807) is 24.7 Å². The summed E-state index contributed by atoms with van der Waals surface area (Å²) in [5, 5.41) is 9.62. The van der Waals surface area contributed by atoms with E-state index in [2.05, 4.69) is 4.98 Å². The van der Waals surface area contributed by atoms with Crippen LogP contribution < -0.4 is 5.56 Å². The molecule has 0 unspecified atom stereocenters. The molecular weight excluding hydrogens is 314 g/mol. The lowest BCUT2D eigenvalue weighted by Crippen LogP contribution is -2.31. The van der Waals surface area contributed by atoms with E-state index in [0.717, 1.165) is 29.5 Å². The van der Waals surface area contributed by atoms with Crippen molar-refractivity contribution in [2.75, 3.05) is 20.2 Å². The van der Waals surface area contributed by atoms with E-state index >= 15 is 0 Å². The lowest BCUT2D eigenvalue weighted by molar-refractivity contribution is -0.130. The zero-order valence-corrected chi connectivity index (χ0v) is 14.1. The predicted molar refractivity (Wildman–Crippen MR) is 89.9 cm³/mol. The number of aliphatic hydroxyl groups is 1. The molecule has 2 aromatic heterocycles. The van der Waals surface area contributed by atoms with Crippen LogP contribution in [0.1, 0.15) is 29.7 Å². The summed E-state index contributed by atoms with van der Waals surface area (Å²) in [6, 6.07) is 0. The predicted octanol–water partition coefficient (Wildman–Crippen LogP) is 1.18. The molecule has 1 aliphatic carbocycles. The molecule has 0 aliphatic heterocycles. The number of hydrogen-bond donors (Lipinski definition) is 1. The summed E-state index contributed by atoms with van der Waals surface area (Å²) in [5.74, 6) is -0.0848. The van der Waals surface area contributed by atoms with Gasteiger partial charge in [-0.25, -0.2) is 4.98 Å². The van der Waals surface area contributed by atoms with E-state index in [1.165, 1.54) is 26.3 Å². The Morgan fingerprint density at radius 1 is 1.43 bits per heavy atom. The van der Waals surface area contributed by atoms with Crippen LogP contribution in [0.2, 0.25) is 0 Å². The molecule has 0 bridgehead atoms. The summed E-state index contributed by atoms with van der Waals surface area (Å²) in [4.78, 5) is 32.7. The molecule has 6 nitrogen and oxygen atoms in total. The van der Waals surface area contributed by atoms with Crippen LogP contribution in [0.5, 0.6) is 0 Å². The van der Waals surface area contributed by atoms with Crippen LogP contribution in [-0.2, 0) is 24.2 Å². The van der Waals surface area contributed by atoms with E-state index in [0.29, 0.717) is 13.1 Å². The Balaban J connectivity index is 1.83. The Morgan fingerprint density at radius 3 is 3.00 bits per heavy atom. The van der Waals surface area contributed by atoms with Crippen molar-refractivity contribution >= 4 is 27.5 Å². The van der Waals surface area contributed by atoms with E-state index < -0.39 is 0 Å². The van der Waals surface area contributed by atoms with E-state index in [1.807, 2.05) is 0 Å². The van der Waals surface area contributed by atoms with E-state index in [-0.39, 0.29) is 24.5 Å². The first kappa shape index (κ1) is 16.1. The van der Waals surface area contributed by atoms with Gasteiger partial charge in [0.1, 0.15) is 4.83 Å². The number of nitrogens with zero attached hydrogens (tertiary/aromatic N) is 3. The van der Waals surface area contributed by atoms with Crippen molar-refractivity contribution in [1.29, 1.82) is 0 Å². The number of aliphatic hydroxyl groups excluding tert-OH is 1. The van der Waals surface area contributed by atoms with Gasteiger partial charge < -0.3 is 10.0 Å². The number of amides is 1. The lowest BCUT2D eigenvalue weighted by atomic mass is 9.97. The third-order valence-electron chi connectivity index (χ3n) is 4.37. The number of fused-ring (bicyclic) bond motifs is 3. The first-order valence-electron chi connectivity index (χ1n) is 7.96. The molecule has 1 aliphatic rings. The number of hydrogen-bond acceptors (Lipinski definition) is 5. The molecule has 0 spiro atoms. The summed E-state index contributed by atoms with van der Waals surface area (Å²) < 4.78 is 1.54. The second-order valence-corrected chi connectivity index (χ2v) is 7.01. The standard InChI is InChI=1S/C16H21N3O3S/c1-18(8-9-20)13(21)6-7-19-10-17-15-14(16(19)22)11-4-2-3-5-12(11)23-15/h10,20H,2-9H2,1H3. The Labute approximate surface area is 138 Å². The van der Waals surface area contributed by atoms with Crippen LogP contribution in [0.25, 0.3) is 10.2 Å². The van der Waals surface area contributed by atoms with Gasteiger partial charge in [-0.2, -0.15) is 0 Å². The molecule has 0 atom stereocenters. The molecule has 0 saturated carbocycles. The highest BCUT2D eigenvalue weighted by molar-refractivity contribution is 7.18. The molecule has 7 heteroatoms. The van der Waals surface area contributed by atoms with Crippen molar-refractivity contribution in [2.24, 2.45) is 0 Å². The first-order valence-corrected chi connectivity index (χ1v) is 8.78. The number of thiophene rings is 1. The zero-order valence-electron chi connectivity index (χ0n) is 13.2. The van der Waals surface area contributed by atoms with Gasteiger partial charge in [0.05, 0.1) is 18.3 Å². The highest BCUT2D eigenvalue weighted by Crippen LogP contribution is 2.33. The third-order valence-corrected chi connectivity index (χ3v) is 5.57. The minimum Gasteiger partial charge on any atom is -0.395 e. The van der Waals surface area contributed by atoms with E-state index in [4.69, 9.17) is 5.11 Å². The van der Waals surface area contributed by atoms with Gasteiger partial charge in [0.15, 0.2) is 0 Å². The maximum atomic E-state index is 12.7. The third kappa shape index (κ3) is 3.16. The van der Waals surface area contributed by atoms with Crippen LogP contribution in [0, 0.1) is 0 Å². The Hall–Kier alpha value is -1.73. The van der Waals surface area contributed by atoms with E-state index in [9.17, 15) is 9.59 Å². The van der Waals surface area contributed by atoms with Crippen LogP contribution in [-0.4, -0.2) is 45.7 Å². The van der Waals surface area contributed by atoms with Crippen molar-refractivity contribution < 1.29 is 9.90 Å². The summed E-state index contributed by atoms with van der Waals surface area (Å²) in [6.45, 7) is 0.570. The number of aryl methyl sites for hydroxylation is 3. The van der Waals surface area contributed by atoms with Gasteiger partial charge >= 0.3 is 0 Å². The molecule has 23 heavy (non-hydrogen) atoms. The molecule has 2 aromatic rings. The number of aromatic nitrogens is 2. The highest BCUT2D eigenvalue weighted by Gasteiger charge is 2.20. The fourth-order valence-corrected chi connectivity index (χ4v) is 4.24. The lowest BCUT2D eigenvalue weighted by Gasteiger charge is -2.15. The fraction of sp³-hybridized carbons (Fsp3) is 0.562. The minimum absolute atomic E-state index is 0.0352. The maximum Gasteiger partial charge on any atom is 0.262 e. The summed E-state index contributed by atoms with van der Waals surface area (Å²) in [5.41, 5.74) is 1.14. The van der Waals surface area contributed by atoms with Crippen LogP contribution >= 0.6 is 11.3 Å². The Bertz CT molecular complexity index is 781. The quantitative estimate of drug-likeness (QED) is 0.890. The summed E-state index contributed by atoms with van der Waals surface area (Å²) in [7, 11) is 1.65. The van der Waals surface area contributed by atoms with Gasteiger partial charge in [0, 0.05) is 31.4 Å². The highest BCUT2D eigenvalue weighted by atomic mass is 32.1. The smallest absolute Gasteiger partial charge is 0.262 e. The van der Waals surface area contributed by atoms with Gasteiger partial charge in [-0.1, -0.05) is 0 Å². The average molecular weight is 335 g/mol. The molecule has 0 aromatic carbocycles. The molecule has 0 fully saturated rings. The molecule has 124 valence electrons. The molecular formula is C16H21N3O3S. The van der Waals surface area contributed by atoms with Gasteiger partial charge in [-0.05, 0) is 31.2 Å². The molecule has 0 saturated heterocycles. The molecule has 1 amide bonds. The zero-order chi connectivity index (χ0) is 16.4. The Kier molecular flexibility index (Phi) is 4.77. The van der Waals surface area contributed by atoms with Gasteiger partial charge in [-0.15, -0.1) is 11.3 Å². The summed E-state index contributed by atoms with van der Waals surface area (Å²) >= 11 is 1.63. The van der Waals surface area contributed by atoms with Crippen molar-refractivity contribution in [3.63, 3.8) is 0 Å². The van der Waals surface area contributed by atoms with Gasteiger partial charge in [0.25, 0.3) is 5.56 Å². The van der Waals surface area contributed by atoms with Crippen molar-refractivity contribution in [3.8, 4) is 0 Å². The minimum atomic E-state index is -0.0848. The first-order chi connectivity index (χ1) is 11.1. The van der Waals surface area contributed by atoms with Crippen LogP contribution in [0.3, 0.4) is 0 Å². The topological polar surface area (TPSA) is 75.4 Å². The van der Waals surface area contributed by atoms with Gasteiger partial charge in [0.2, 0.25) is 5.91 Å². The maximum absolute atomic E-state index is 12.7. The van der Waals surface area contributed by atoms with Crippen molar-refractivity contribution in [2.45, 2.75) is 38.6 Å². The average Bonchev–Trinajstić information content (AvgIpc) is 2.93. The summed E-state index contributed by atoms with van der Waals surface area (Å²) in [6.07, 6.45) is 6.08. The van der Waals surface area contributed by atoms with Crippen LogP contribution in [0.4, 0.5) is 0 Å². The molecule has 0 radical (unpaired) electrons. The molecule has 2 heterocycles.